The van der Waals surface area contributed by atoms with Gasteiger partial charge in [-0.25, -0.2) is 0 Å². The molecule has 0 aliphatic carbocycles. The van der Waals surface area contributed by atoms with Gasteiger partial charge in [0.2, 0.25) is 0 Å². The van der Waals surface area contributed by atoms with Gasteiger partial charge >= 0.3 is 0 Å². The van der Waals surface area contributed by atoms with Crippen molar-refractivity contribution < 1.29 is 4.79 Å². The molecule has 29 heavy (non-hydrogen) atoms. The van der Waals surface area contributed by atoms with Gasteiger partial charge in [0.15, 0.2) is 0 Å². The average molecular weight is 441 g/mol. The van der Waals surface area contributed by atoms with Crippen molar-refractivity contribution in [3.63, 3.8) is 0 Å². The minimum Gasteiger partial charge on any atom is -0.348 e. The van der Waals surface area contributed by atoms with Gasteiger partial charge in [-0.3, -0.25) is 9.79 Å². The van der Waals surface area contributed by atoms with Gasteiger partial charge in [-0.15, -0.1) is 11.6 Å². The number of nitrogens with zero attached hydrogens (tertiary/aromatic N) is 1. The van der Waals surface area contributed by atoms with Crippen LogP contribution < -0.4 is 5.32 Å². The van der Waals surface area contributed by atoms with E-state index in [0.717, 1.165) is 32.3 Å². The van der Waals surface area contributed by atoms with Crippen LogP contribution in [0.15, 0.2) is 81.5 Å². The van der Waals surface area contributed by atoms with E-state index in [1.807, 2.05) is 54.6 Å². The van der Waals surface area contributed by atoms with Gasteiger partial charge in [0.1, 0.15) is 0 Å². The van der Waals surface area contributed by atoms with E-state index >= 15 is 0 Å². The summed E-state index contributed by atoms with van der Waals surface area (Å²) in [6, 6.07) is 21.3. The summed E-state index contributed by atoms with van der Waals surface area (Å²) in [6.07, 6.45) is 0.668. The first-order valence-electron chi connectivity index (χ1n) is 9.22. The molecule has 0 spiro atoms. The molecule has 0 aromatic heterocycles. The SMILES string of the molecule is O=C(NCc1ccccc1Cl)c1ccc2c(c1)N=C(CCCl)c1ccccc1S2. The molecule has 0 fully saturated rings. The van der Waals surface area contributed by atoms with Crippen LogP contribution in [-0.2, 0) is 6.54 Å². The summed E-state index contributed by atoms with van der Waals surface area (Å²) in [4.78, 5) is 19.7. The van der Waals surface area contributed by atoms with Crippen LogP contribution in [-0.4, -0.2) is 17.5 Å². The van der Waals surface area contributed by atoms with Crippen LogP contribution in [0.1, 0.15) is 27.9 Å². The van der Waals surface area contributed by atoms with Gasteiger partial charge in [0.05, 0.1) is 11.4 Å². The maximum absolute atomic E-state index is 12.7. The smallest absolute Gasteiger partial charge is 0.251 e. The third kappa shape index (κ3) is 4.50. The van der Waals surface area contributed by atoms with E-state index in [4.69, 9.17) is 28.2 Å². The zero-order valence-electron chi connectivity index (χ0n) is 15.5. The van der Waals surface area contributed by atoms with Crippen molar-refractivity contribution in [2.45, 2.75) is 22.8 Å². The van der Waals surface area contributed by atoms with Crippen molar-refractivity contribution in [2.75, 3.05) is 5.88 Å². The van der Waals surface area contributed by atoms with Gasteiger partial charge in [-0.05, 0) is 35.9 Å². The number of benzene rings is 3. The fourth-order valence-electron chi connectivity index (χ4n) is 3.15. The zero-order chi connectivity index (χ0) is 20.2. The van der Waals surface area contributed by atoms with E-state index < -0.39 is 0 Å². The number of rotatable bonds is 5. The van der Waals surface area contributed by atoms with Crippen LogP contribution in [0.5, 0.6) is 0 Å². The van der Waals surface area contributed by atoms with Gasteiger partial charge < -0.3 is 5.32 Å². The normalized spacial score (nSPS) is 12.4. The monoisotopic (exact) mass is 440 g/mol. The molecule has 1 aliphatic rings. The summed E-state index contributed by atoms with van der Waals surface area (Å²) in [7, 11) is 0. The third-order valence-electron chi connectivity index (χ3n) is 4.62. The highest BCUT2D eigenvalue weighted by Gasteiger charge is 2.18. The molecule has 4 rings (SSSR count). The Kier molecular flexibility index (Phi) is 6.24. The molecule has 1 heterocycles. The molecule has 0 saturated heterocycles. The largest absolute Gasteiger partial charge is 0.348 e. The number of amides is 1. The summed E-state index contributed by atoms with van der Waals surface area (Å²) in [6.45, 7) is 0.372. The number of halogens is 2. The van der Waals surface area contributed by atoms with Crippen LogP contribution in [0.3, 0.4) is 0 Å². The molecule has 1 N–H and O–H groups in total. The van der Waals surface area contributed by atoms with Crippen molar-refractivity contribution in [1.29, 1.82) is 0 Å². The van der Waals surface area contributed by atoms with Crippen molar-refractivity contribution >= 4 is 52.3 Å². The Bertz CT molecular complexity index is 1100. The van der Waals surface area contributed by atoms with E-state index in [0.29, 0.717) is 29.4 Å². The van der Waals surface area contributed by atoms with E-state index in [9.17, 15) is 4.79 Å². The van der Waals surface area contributed by atoms with Crippen LogP contribution in [0.2, 0.25) is 5.02 Å². The lowest BCUT2D eigenvalue weighted by Gasteiger charge is -2.09. The predicted octanol–water partition coefficient (Wildman–Crippen LogP) is 6.48. The Hall–Kier alpha value is -2.27. The fraction of sp³-hybridized carbons (Fsp3) is 0.130. The molecule has 1 amide bonds. The summed E-state index contributed by atoms with van der Waals surface area (Å²) in [5.41, 5.74) is 4.27. The molecule has 146 valence electrons. The van der Waals surface area contributed by atoms with Crippen molar-refractivity contribution in [2.24, 2.45) is 4.99 Å². The number of alkyl halides is 1. The summed E-state index contributed by atoms with van der Waals surface area (Å²) >= 11 is 13.8. The lowest BCUT2D eigenvalue weighted by Crippen LogP contribution is -2.22. The van der Waals surface area contributed by atoms with Crippen molar-refractivity contribution in [1.82, 2.24) is 5.32 Å². The van der Waals surface area contributed by atoms with Gasteiger partial charge in [0.25, 0.3) is 5.91 Å². The van der Waals surface area contributed by atoms with Crippen molar-refractivity contribution in [3.8, 4) is 0 Å². The Labute approximate surface area is 184 Å². The second-order valence-electron chi connectivity index (χ2n) is 6.55. The Balaban J connectivity index is 1.61. The fourth-order valence-corrected chi connectivity index (χ4v) is 4.56. The Morgan fingerprint density at radius 2 is 1.79 bits per heavy atom. The summed E-state index contributed by atoms with van der Waals surface area (Å²) in [5.74, 6) is 0.333. The average Bonchev–Trinajstić information content (AvgIpc) is 2.89. The summed E-state index contributed by atoms with van der Waals surface area (Å²) < 4.78 is 0. The zero-order valence-corrected chi connectivity index (χ0v) is 17.8. The number of hydrogen-bond donors (Lipinski definition) is 1. The first kappa shape index (κ1) is 20.0. The quantitative estimate of drug-likeness (QED) is 0.460. The lowest BCUT2D eigenvalue weighted by atomic mass is 10.1. The lowest BCUT2D eigenvalue weighted by molar-refractivity contribution is 0.0951. The molecule has 6 heteroatoms. The van der Waals surface area contributed by atoms with E-state index in [-0.39, 0.29) is 5.91 Å². The standard InChI is InChI=1S/C23H18Cl2N2OS/c24-12-11-19-17-6-2-4-8-21(17)29-22-10-9-15(13-20(22)27-19)23(28)26-14-16-5-1-3-7-18(16)25/h1-10,13H,11-12,14H2,(H,26,28). The minimum absolute atomic E-state index is 0.159. The molecule has 3 nitrogen and oxygen atoms in total. The topological polar surface area (TPSA) is 41.5 Å². The molecule has 3 aromatic rings. The molecule has 1 aliphatic heterocycles. The Morgan fingerprint density at radius 3 is 2.62 bits per heavy atom. The van der Waals surface area contributed by atoms with Gasteiger partial charge in [-0.2, -0.15) is 0 Å². The third-order valence-corrected chi connectivity index (χ3v) is 6.32. The maximum atomic E-state index is 12.7. The number of aliphatic imine (C=N–C) groups is 1. The van der Waals surface area contributed by atoms with Gasteiger partial charge in [-0.1, -0.05) is 59.8 Å². The number of carbonyl (C=O) groups is 1. The molecule has 0 bridgehead atoms. The molecular formula is C23H18Cl2N2OS. The number of hydrogen-bond acceptors (Lipinski definition) is 3. The summed E-state index contributed by atoms with van der Waals surface area (Å²) in [5, 5.41) is 3.57. The van der Waals surface area contributed by atoms with Crippen molar-refractivity contribution in [3.05, 3.63) is 88.4 Å². The predicted molar refractivity (Wildman–Crippen MR) is 121 cm³/mol. The molecule has 0 unspecified atom stereocenters. The maximum Gasteiger partial charge on any atom is 0.251 e. The van der Waals surface area contributed by atoms with Crippen LogP contribution in [0, 0.1) is 0 Å². The molecular weight excluding hydrogens is 423 g/mol. The minimum atomic E-state index is -0.159. The van der Waals surface area contributed by atoms with E-state index in [1.54, 1.807) is 11.8 Å². The molecule has 0 radical (unpaired) electrons. The van der Waals surface area contributed by atoms with Crippen LogP contribution >= 0.6 is 35.0 Å². The highest BCUT2D eigenvalue weighted by Crippen LogP contribution is 2.41. The van der Waals surface area contributed by atoms with Gasteiger partial charge in [0, 0.05) is 44.8 Å². The second kappa shape index (κ2) is 9.04. The highest BCUT2D eigenvalue weighted by molar-refractivity contribution is 7.99. The highest BCUT2D eigenvalue weighted by atomic mass is 35.5. The number of carbonyl (C=O) groups excluding carboxylic acids is 1. The molecule has 3 aromatic carbocycles. The number of nitrogens with one attached hydrogen (secondary N) is 1. The molecule has 0 atom stereocenters. The Morgan fingerprint density at radius 1 is 1.00 bits per heavy atom. The molecule has 0 saturated carbocycles. The van der Waals surface area contributed by atoms with E-state index in [1.165, 1.54) is 0 Å². The van der Waals surface area contributed by atoms with Crippen LogP contribution in [0.25, 0.3) is 0 Å². The first-order chi connectivity index (χ1) is 14.2. The van der Waals surface area contributed by atoms with Crippen LogP contribution in [0.4, 0.5) is 5.69 Å². The van der Waals surface area contributed by atoms with E-state index in [2.05, 4.69) is 17.4 Å². The number of fused-ring (bicyclic) bond motifs is 2. The first-order valence-corrected chi connectivity index (χ1v) is 10.9. The second-order valence-corrected chi connectivity index (χ2v) is 8.42.